The summed E-state index contributed by atoms with van der Waals surface area (Å²) >= 11 is 0. The summed E-state index contributed by atoms with van der Waals surface area (Å²) in [5, 5.41) is 0. The van der Waals surface area contributed by atoms with Crippen LogP contribution in [0.3, 0.4) is 0 Å². The Hall–Kier alpha value is -0.0400. The molecular formula is C10H21N. The maximum Gasteiger partial charge on any atom is 0.00697 e. The lowest BCUT2D eigenvalue weighted by molar-refractivity contribution is 0.313. The normalized spacial score (nSPS) is 34.1. The van der Waals surface area contributed by atoms with Crippen molar-refractivity contribution in [2.45, 2.75) is 52.0 Å². The maximum atomic E-state index is 6.01. The van der Waals surface area contributed by atoms with Crippen LogP contribution >= 0.6 is 0 Å². The first-order valence-corrected chi connectivity index (χ1v) is 5.01. The van der Waals surface area contributed by atoms with Gasteiger partial charge < -0.3 is 5.73 Å². The molecule has 1 saturated carbocycles. The Labute approximate surface area is 70.4 Å². The van der Waals surface area contributed by atoms with E-state index in [-0.39, 0.29) is 0 Å². The Morgan fingerprint density at radius 1 is 1.45 bits per heavy atom. The third kappa shape index (κ3) is 2.19. The van der Waals surface area contributed by atoms with E-state index in [0.29, 0.717) is 6.04 Å². The lowest BCUT2D eigenvalue weighted by Crippen LogP contribution is -2.28. The van der Waals surface area contributed by atoms with Gasteiger partial charge in [-0.3, -0.25) is 0 Å². The Bertz CT molecular complexity index is 111. The maximum absolute atomic E-state index is 6.01. The molecule has 1 aliphatic rings. The van der Waals surface area contributed by atoms with Gasteiger partial charge in [-0.2, -0.15) is 0 Å². The van der Waals surface area contributed by atoms with Gasteiger partial charge in [0.1, 0.15) is 0 Å². The van der Waals surface area contributed by atoms with Crippen LogP contribution < -0.4 is 5.73 Å². The summed E-state index contributed by atoms with van der Waals surface area (Å²) in [4.78, 5) is 0. The van der Waals surface area contributed by atoms with Crippen molar-refractivity contribution < 1.29 is 0 Å². The highest BCUT2D eigenvalue weighted by molar-refractivity contribution is 4.83. The predicted octanol–water partition coefficient (Wildman–Crippen LogP) is 2.55. The van der Waals surface area contributed by atoms with E-state index in [1.54, 1.807) is 0 Å². The zero-order chi connectivity index (χ0) is 8.27. The standard InChI is InChI=1S/C10H21N/c1-3-5-8(2)9-6-4-7-10(9)11/h8-10H,3-7,11H2,1-2H3. The molecule has 3 unspecified atom stereocenters. The smallest absolute Gasteiger partial charge is 0.00697 e. The second-order valence-electron chi connectivity index (χ2n) is 4.02. The minimum atomic E-state index is 0.511. The molecule has 0 aromatic carbocycles. The van der Waals surface area contributed by atoms with Crippen LogP contribution in [0.2, 0.25) is 0 Å². The molecule has 0 aromatic rings. The number of hydrogen-bond acceptors (Lipinski definition) is 1. The van der Waals surface area contributed by atoms with Crippen molar-refractivity contribution in [3.05, 3.63) is 0 Å². The molecule has 1 aliphatic carbocycles. The minimum absolute atomic E-state index is 0.511. The number of nitrogens with two attached hydrogens (primary N) is 1. The number of rotatable bonds is 3. The predicted molar refractivity (Wildman–Crippen MR) is 49.4 cm³/mol. The Kier molecular flexibility index (Phi) is 3.38. The van der Waals surface area contributed by atoms with Gasteiger partial charge in [-0.1, -0.05) is 33.1 Å². The fraction of sp³-hybridized carbons (Fsp3) is 1.00. The Morgan fingerprint density at radius 3 is 2.64 bits per heavy atom. The summed E-state index contributed by atoms with van der Waals surface area (Å²) < 4.78 is 0. The quantitative estimate of drug-likeness (QED) is 0.666. The van der Waals surface area contributed by atoms with Crippen LogP contribution in [0.15, 0.2) is 0 Å². The zero-order valence-corrected chi connectivity index (χ0v) is 7.84. The summed E-state index contributed by atoms with van der Waals surface area (Å²) in [6, 6.07) is 0.511. The second kappa shape index (κ2) is 4.10. The van der Waals surface area contributed by atoms with Gasteiger partial charge in [0.25, 0.3) is 0 Å². The highest BCUT2D eigenvalue weighted by Crippen LogP contribution is 2.32. The topological polar surface area (TPSA) is 26.0 Å². The molecule has 0 bridgehead atoms. The van der Waals surface area contributed by atoms with E-state index in [4.69, 9.17) is 5.73 Å². The molecule has 0 aliphatic heterocycles. The van der Waals surface area contributed by atoms with Gasteiger partial charge >= 0.3 is 0 Å². The molecule has 1 nitrogen and oxygen atoms in total. The van der Waals surface area contributed by atoms with E-state index in [1.165, 1.54) is 32.1 Å². The third-order valence-corrected chi connectivity index (χ3v) is 3.10. The summed E-state index contributed by atoms with van der Waals surface area (Å²) in [7, 11) is 0. The van der Waals surface area contributed by atoms with E-state index >= 15 is 0 Å². The molecule has 1 rings (SSSR count). The molecule has 0 saturated heterocycles. The van der Waals surface area contributed by atoms with Crippen molar-refractivity contribution in [3.8, 4) is 0 Å². The molecule has 0 heterocycles. The number of hydrogen-bond donors (Lipinski definition) is 1. The SMILES string of the molecule is CCCC(C)C1CCCC1N. The van der Waals surface area contributed by atoms with Crippen molar-refractivity contribution in [3.63, 3.8) is 0 Å². The van der Waals surface area contributed by atoms with Crippen LogP contribution in [0.25, 0.3) is 0 Å². The summed E-state index contributed by atoms with van der Waals surface area (Å²) in [6.07, 6.45) is 6.67. The molecule has 2 N–H and O–H groups in total. The van der Waals surface area contributed by atoms with Gasteiger partial charge in [-0.15, -0.1) is 0 Å². The van der Waals surface area contributed by atoms with Crippen LogP contribution in [-0.2, 0) is 0 Å². The van der Waals surface area contributed by atoms with Gasteiger partial charge in [0.2, 0.25) is 0 Å². The first-order chi connectivity index (χ1) is 5.25. The molecule has 0 radical (unpaired) electrons. The lowest BCUT2D eigenvalue weighted by atomic mass is 9.87. The summed E-state index contributed by atoms with van der Waals surface area (Å²) in [5.41, 5.74) is 6.01. The molecule has 66 valence electrons. The van der Waals surface area contributed by atoms with Crippen molar-refractivity contribution >= 4 is 0 Å². The van der Waals surface area contributed by atoms with E-state index in [2.05, 4.69) is 13.8 Å². The zero-order valence-electron chi connectivity index (χ0n) is 7.84. The monoisotopic (exact) mass is 155 g/mol. The van der Waals surface area contributed by atoms with E-state index < -0.39 is 0 Å². The first-order valence-electron chi connectivity index (χ1n) is 5.01. The van der Waals surface area contributed by atoms with Crippen molar-refractivity contribution in [1.82, 2.24) is 0 Å². The highest BCUT2D eigenvalue weighted by Gasteiger charge is 2.27. The molecule has 3 atom stereocenters. The lowest BCUT2D eigenvalue weighted by Gasteiger charge is -2.22. The van der Waals surface area contributed by atoms with E-state index in [0.717, 1.165) is 11.8 Å². The summed E-state index contributed by atoms with van der Waals surface area (Å²) in [5.74, 6) is 1.69. The van der Waals surface area contributed by atoms with Crippen LogP contribution in [0, 0.1) is 11.8 Å². The van der Waals surface area contributed by atoms with Gasteiger partial charge in [0.05, 0.1) is 0 Å². The fourth-order valence-corrected chi connectivity index (χ4v) is 2.39. The third-order valence-electron chi connectivity index (χ3n) is 3.10. The minimum Gasteiger partial charge on any atom is -0.327 e. The largest absolute Gasteiger partial charge is 0.327 e. The molecule has 1 fully saturated rings. The average molecular weight is 155 g/mol. The molecule has 0 amide bonds. The summed E-state index contributed by atoms with van der Waals surface area (Å²) in [6.45, 7) is 4.62. The van der Waals surface area contributed by atoms with Crippen molar-refractivity contribution in [1.29, 1.82) is 0 Å². The van der Waals surface area contributed by atoms with E-state index in [9.17, 15) is 0 Å². The Balaban J connectivity index is 2.33. The Morgan fingerprint density at radius 2 is 2.18 bits per heavy atom. The average Bonchev–Trinajstić information content (AvgIpc) is 2.36. The van der Waals surface area contributed by atoms with Gasteiger partial charge in [-0.25, -0.2) is 0 Å². The molecule has 0 spiro atoms. The van der Waals surface area contributed by atoms with Crippen LogP contribution in [0.1, 0.15) is 46.0 Å². The van der Waals surface area contributed by atoms with Gasteiger partial charge in [0.15, 0.2) is 0 Å². The molecule has 11 heavy (non-hydrogen) atoms. The van der Waals surface area contributed by atoms with Crippen molar-refractivity contribution in [2.75, 3.05) is 0 Å². The van der Waals surface area contributed by atoms with Crippen molar-refractivity contribution in [2.24, 2.45) is 17.6 Å². The van der Waals surface area contributed by atoms with Gasteiger partial charge in [0, 0.05) is 6.04 Å². The van der Waals surface area contributed by atoms with Gasteiger partial charge in [-0.05, 0) is 24.7 Å². The molecule has 0 aromatic heterocycles. The first kappa shape index (κ1) is 9.05. The molecular weight excluding hydrogens is 134 g/mol. The second-order valence-corrected chi connectivity index (χ2v) is 4.02. The van der Waals surface area contributed by atoms with Crippen LogP contribution in [-0.4, -0.2) is 6.04 Å². The van der Waals surface area contributed by atoms with Crippen LogP contribution in [0.5, 0.6) is 0 Å². The fourth-order valence-electron chi connectivity index (χ4n) is 2.39. The molecule has 1 heteroatoms. The van der Waals surface area contributed by atoms with Crippen LogP contribution in [0.4, 0.5) is 0 Å². The van der Waals surface area contributed by atoms with E-state index in [1.807, 2.05) is 0 Å². The highest BCUT2D eigenvalue weighted by atomic mass is 14.7.